The second kappa shape index (κ2) is 13.8. The van der Waals surface area contributed by atoms with E-state index < -0.39 is 5.97 Å². The van der Waals surface area contributed by atoms with Gasteiger partial charge in [0.15, 0.2) is 0 Å². The van der Waals surface area contributed by atoms with Crippen LogP contribution in [0.25, 0.3) is 0 Å². The molecule has 2 atom stereocenters. The standard InChI is InChI=1S/C20H39NO2/c1-2-3-4-7-12-17-21-19-15-11-10-14-18(19)13-8-5-6-9-16-20(22)23/h18-19,21H,2-17H2,1H3,(H,22,23)/t18-,19-/m0/s1. The van der Waals surface area contributed by atoms with Crippen LogP contribution in [0.1, 0.15) is 103 Å². The van der Waals surface area contributed by atoms with Crippen molar-refractivity contribution in [2.45, 2.75) is 109 Å². The van der Waals surface area contributed by atoms with Crippen LogP contribution in [-0.2, 0) is 4.79 Å². The van der Waals surface area contributed by atoms with Crippen molar-refractivity contribution in [2.24, 2.45) is 5.92 Å². The topological polar surface area (TPSA) is 49.3 Å². The number of unbranched alkanes of at least 4 members (excludes halogenated alkanes) is 7. The van der Waals surface area contributed by atoms with Crippen LogP contribution < -0.4 is 5.32 Å². The summed E-state index contributed by atoms with van der Waals surface area (Å²) < 4.78 is 0. The third-order valence-corrected chi connectivity index (χ3v) is 5.31. The summed E-state index contributed by atoms with van der Waals surface area (Å²) in [5, 5.41) is 12.5. The van der Waals surface area contributed by atoms with E-state index in [0.29, 0.717) is 6.42 Å². The first-order valence-electron chi connectivity index (χ1n) is 10.2. The molecule has 0 unspecified atom stereocenters. The number of carboxylic acid groups (broad SMARTS) is 1. The van der Waals surface area contributed by atoms with Crippen molar-refractivity contribution in [3.63, 3.8) is 0 Å². The Balaban J connectivity index is 2.07. The predicted octanol–water partition coefficient (Wildman–Crippen LogP) is 5.53. The van der Waals surface area contributed by atoms with Crippen LogP contribution in [0.4, 0.5) is 0 Å². The van der Waals surface area contributed by atoms with Crippen LogP contribution in [0.15, 0.2) is 0 Å². The third-order valence-electron chi connectivity index (χ3n) is 5.31. The van der Waals surface area contributed by atoms with Gasteiger partial charge in [-0.1, -0.05) is 64.7 Å². The van der Waals surface area contributed by atoms with Crippen LogP contribution in [0.5, 0.6) is 0 Å². The maximum atomic E-state index is 10.5. The van der Waals surface area contributed by atoms with E-state index in [0.717, 1.165) is 24.8 Å². The Bertz CT molecular complexity index is 293. The lowest BCUT2D eigenvalue weighted by Crippen LogP contribution is -2.39. The number of hydrogen-bond acceptors (Lipinski definition) is 2. The summed E-state index contributed by atoms with van der Waals surface area (Å²) in [5.74, 6) is 0.208. The average Bonchev–Trinajstić information content (AvgIpc) is 2.55. The molecular formula is C20H39NO2. The van der Waals surface area contributed by atoms with Crippen molar-refractivity contribution in [3.8, 4) is 0 Å². The lowest BCUT2D eigenvalue weighted by Gasteiger charge is -2.32. The highest BCUT2D eigenvalue weighted by Crippen LogP contribution is 2.29. The number of aliphatic carboxylic acids is 1. The maximum Gasteiger partial charge on any atom is 0.303 e. The molecule has 136 valence electrons. The summed E-state index contributed by atoms with van der Waals surface area (Å²) in [7, 11) is 0. The first-order chi connectivity index (χ1) is 11.2. The van der Waals surface area contributed by atoms with Crippen molar-refractivity contribution in [1.82, 2.24) is 5.32 Å². The Morgan fingerprint density at radius 3 is 2.43 bits per heavy atom. The zero-order chi connectivity index (χ0) is 16.8. The van der Waals surface area contributed by atoms with Crippen LogP contribution in [0.2, 0.25) is 0 Å². The molecule has 23 heavy (non-hydrogen) atoms. The van der Waals surface area contributed by atoms with E-state index in [4.69, 9.17) is 5.11 Å². The first-order valence-corrected chi connectivity index (χ1v) is 10.2. The van der Waals surface area contributed by atoms with E-state index in [9.17, 15) is 4.79 Å². The van der Waals surface area contributed by atoms with Crippen molar-refractivity contribution in [3.05, 3.63) is 0 Å². The van der Waals surface area contributed by atoms with Crippen LogP contribution in [0.3, 0.4) is 0 Å². The second-order valence-electron chi connectivity index (χ2n) is 7.37. The third kappa shape index (κ3) is 10.8. The summed E-state index contributed by atoms with van der Waals surface area (Å²) in [6.07, 6.45) is 18.4. The zero-order valence-electron chi connectivity index (χ0n) is 15.3. The molecule has 0 bridgehead atoms. The fourth-order valence-electron chi connectivity index (χ4n) is 3.87. The van der Waals surface area contributed by atoms with E-state index in [-0.39, 0.29) is 0 Å². The minimum atomic E-state index is -0.652. The van der Waals surface area contributed by atoms with Crippen LogP contribution in [-0.4, -0.2) is 23.7 Å². The second-order valence-corrected chi connectivity index (χ2v) is 7.37. The van der Waals surface area contributed by atoms with Gasteiger partial charge in [0.25, 0.3) is 0 Å². The number of nitrogens with one attached hydrogen (secondary N) is 1. The Morgan fingerprint density at radius 2 is 1.65 bits per heavy atom. The smallest absolute Gasteiger partial charge is 0.303 e. The van der Waals surface area contributed by atoms with Crippen LogP contribution >= 0.6 is 0 Å². The molecule has 1 saturated carbocycles. The molecule has 3 nitrogen and oxygen atoms in total. The van der Waals surface area contributed by atoms with Gasteiger partial charge >= 0.3 is 5.97 Å². The van der Waals surface area contributed by atoms with Crippen molar-refractivity contribution in [1.29, 1.82) is 0 Å². The molecule has 0 spiro atoms. The molecular weight excluding hydrogens is 286 g/mol. The van der Waals surface area contributed by atoms with Crippen LogP contribution in [0, 0.1) is 5.92 Å². The maximum absolute atomic E-state index is 10.5. The van der Waals surface area contributed by atoms with Crippen molar-refractivity contribution < 1.29 is 9.90 Å². The predicted molar refractivity (Wildman–Crippen MR) is 97.8 cm³/mol. The van der Waals surface area contributed by atoms with Gasteiger partial charge in [-0.05, 0) is 44.6 Å². The van der Waals surface area contributed by atoms with E-state index in [1.807, 2.05) is 0 Å². The van der Waals surface area contributed by atoms with E-state index in [1.165, 1.54) is 83.6 Å². The van der Waals surface area contributed by atoms with Gasteiger partial charge < -0.3 is 10.4 Å². The summed E-state index contributed by atoms with van der Waals surface area (Å²) in [5.41, 5.74) is 0. The fourth-order valence-corrected chi connectivity index (χ4v) is 3.87. The molecule has 0 saturated heterocycles. The summed E-state index contributed by atoms with van der Waals surface area (Å²) in [6.45, 7) is 3.47. The van der Waals surface area contributed by atoms with E-state index >= 15 is 0 Å². The Morgan fingerprint density at radius 1 is 0.957 bits per heavy atom. The molecule has 0 aromatic heterocycles. The van der Waals surface area contributed by atoms with E-state index in [1.54, 1.807) is 0 Å². The Hall–Kier alpha value is -0.570. The minimum Gasteiger partial charge on any atom is -0.481 e. The van der Waals surface area contributed by atoms with Gasteiger partial charge in [0.2, 0.25) is 0 Å². The lowest BCUT2D eigenvalue weighted by atomic mass is 9.81. The molecule has 0 aromatic rings. The summed E-state index contributed by atoms with van der Waals surface area (Å²) in [6, 6.07) is 0.744. The largest absolute Gasteiger partial charge is 0.481 e. The summed E-state index contributed by atoms with van der Waals surface area (Å²) in [4.78, 5) is 10.5. The number of carbonyl (C=O) groups is 1. The SMILES string of the molecule is CCCCCCCN[C@H]1CCCC[C@@H]1CCCCCCC(=O)O. The van der Waals surface area contributed by atoms with Gasteiger partial charge in [-0.2, -0.15) is 0 Å². The van der Waals surface area contributed by atoms with Gasteiger partial charge in [0.05, 0.1) is 0 Å². The number of carboxylic acids is 1. The molecule has 1 aliphatic rings. The molecule has 0 radical (unpaired) electrons. The van der Waals surface area contributed by atoms with Gasteiger partial charge in [-0.3, -0.25) is 4.79 Å². The molecule has 0 heterocycles. The highest BCUT2D eigenvalue weighted by molar-refractivity contribution is 5.66. The first kappa shape index (κ1) is 20.5. The molecule has 2 N–H and O–H groups in total. The number of rotatable bonds is 14. The monoisotopic (exact) mass is 325 g/mol. The molecule has 0 aromatic carbocycles. The Labute approximate surface area is 143 Å². The fraction of sp³-hybridized carbons (Fsp3) is 0.950. The molecule has 0 aliphatic heterocycles. The highest BCUT2D eigenvalue weighted by atomic mass is 16.4. The van der Waals surface area contributed by atoms with E-state index in [2.05, 4.69) is 12.2 Å². The molecule has 1 aliphatic carbocycles. The molecule has 1 rings (SSSR count). The van der Waals surface area contributed by atoms with Gasteiger partial charge in [-0.15, -0.1) is 0 Å². The highest BCUT2D eigenvalue weighted by Gasteiger charge is 2.23. The normalized spacial score (nSPS) is 21.4. The molecule has 1 fully saturated rings. The number of hydrogen-bond donors (Lipinski definition) is 2. The minimum absolute atomic E-state index is 0.339. The lowest BCUT2D eigenvalue weighted by molar-refractivity contribution is -0.137. The van der Waals surface area contributed by atoms with Crippen molar-refractivity contribution >= 4 is 5.97 Å². The molecule has 3 heteroatoms. The zero-order valence-corrected chi connectivity index (χ0v) is 15.3. The molecule has 0 amide bonds. The van der Waals surface area contributed by atoms with Crippen molar-refractivity contribution in [2.75, 3.05) is 6.54 Å². The Kier molecular flexibility index (Phi) is 12.3. The van der Waals surface area contributed by atoms with Gasteiger partial charge in [0.1, 0.15) is 0 Å². The summed E-state index contributed by atoms with van der Waals surface area (Å²) >= 11 is 0. The quantitative estimate of drug-likeness (QED) is 0.413. The van der Waals surface area contributed by atoms with Gasteiger partial charge in [0, 0.05) is 12.5 Å². The average molecular weight is 326 g/mol. The van der Waals surface area contributed by atoms with Gasteiger partial charge in [-0.25, -0.2) is 0 Å².